The Kier molecular flexibility index (Phi) is 5.48. The quantitative estimate of drug-likeness (QED) is 0.792. The van der Waals surface area contributed by atoms with Crippen LogP contribution in [0, 0.1) is 5.41 Å². The summed E-state index contributed by atoms with van der Waals surface area (Å²) in [5.41, 5.74) is 6.88. The number of amides is 2. The number of carbonyl (C=O) groups excluding carboxylic acids is 1. The van der Waals surface area contributed by atoms with E-state index in [9.17, 15) is 4.79 Å². The lowest BCUT2D eigenvalue weighted by atomic mass is 9.66. The van der Waals surface area contributed by atoms with E-state index in [0.29, 0.717) is 31.7 Å². The number of benzene rings is 2. The molecule has 0 saturated carbocycles. The second kappa shape index (κ2) is 8.40. The van der Waals surface area contributed by atoms with Gasteiger partial charge in [0.05, 0.1) is 13.2 Å². The molecular weight excluding hydrogens is 374 g/mol. The molecule has 0 radical (unpaired) electrons. The Morgan fingerprint density at radius 1 is 0.933 bits per heavy atom. The molecular formula is C25H31N3O2. The lowest BCUT2D eigenvalue weighted by Gasteiger charge is -2.41. The van der Waals surface area contributed by atoms with Crippen molar-refractivity contribution < 1.29 is 9.53 Å². The Labute approximate surface area is 178 Å². The van der Waals surface area contributed by atoms with E-state index >= 15 is 0 Å². The standard InChI is InChI=1S/C25H31N3O2/c29-24(28-13-15-30-16-14-28)27-23-5-3-19(4-6-23)20-1-2-22-18-25(8-7-21(22)17-20)9-11-26-12-10-25/h1-6,17,26H,7-16,18H2,(H,27,29). The van der Waals surface area contributed by atoms with Gasteiger partial charge in [0, 0.05) is 18.8 Å². The van der Waals surface area contributed by atoms with Crippen molar-refractivity contribution in [2.24, 2.45) is 5.41 Å². The van der Waals surface area contributed by atoms with Gasteiger partial charge in [0.1, 0.15) is 0 Å². The number of piperidine rings is 1. The summed E-state index contributed by atoms with van der Waals surface area (Å²) in [4.78, 5) is 14.2. The predicted octanol–water partition coefficient (Wildman–Crippen LogP) is 4.08. The molecule has 30 heavy (non-hydrogen) atoms. The molecule has 5 nitrogen and oxygen atoms in total. The van der Waals surface area contributed by atoms with Crippen LogP contribution in [0.1, 0.15) is 30.4 Å². The predicted molar refractivity (Wildman–Crippen MR) is 120 cm³/mol. The lowest BCUT2D eigenvalue weighted by Crippen LogP contribution is -2.43. The van der Waals surface area contributed by atoms with Crippen molar-refractivity contribution in [3.63, 3.8) is 0 Å². The molecule has 2 saturated heterocycles. The number of morpholine rings is 1. The van der Waals surface area contributed by atoms with Gasteiger partial charge < -0.3 is 20.3 Å². The van der Waals surface area contributed by atoms with Crippen LogP contribution in [0.4, 0.5) is 10.5 Å². The van der Waals surface area contributed by atoms with Crippen LogP contribution < -0.4 is 10.6 Å². The molecule has 0 aromatic heterocycles. The van der Waals surface area contributed by atoms with Crippen molar-refractivity contribution >= 4 is 11.7 Å². The van der Waals surface area contributed by atoms with Crippen molar-refractivity contribution in [1.29, 1.82) is 0 Å². The van der Waals surface area contributed by atoms with E-state index in [-0.39, 0.29) is 6.03 Å². The van der Waals surface area contributed by atoms with Gasteiger partial charge in [0.2, 0.25) is 0 Å². The van der Waals surface area contributed by atoms with Crippen molar-refractivity contribution in [2.75, 3.05) is 44.7 Å². The fourth-order valence-electron chi connectivity index (χ4n) is 5.20. The van der Waals surface area contributed by atoms with E-state index < -0.39 is 0 Å². The van der Waals surface area contributed by atoms with Crippen LogP contribution in [0.25, 0.3) is 11.1 Å². The number of nitrogens with zero attached hydrogens (tertiary/aromatic N) is 1. The molecule has 2 fully saturated rings. The number of aryl methyl sites for hydroxylation is 1. The summed E-state index contributed by atoms with van der Waals surface area (Å²) in [5, 5.41) is 6.51. The Morgan fingerprint density at radius 3 is 2.43 bits per heavy atom. The van der Waals surface area contributed by atoms with Gasteiger partial charge in [-0.15, -0.1) is 0 Å². The maximum Gasteiger partial charge on any atom is 0.321 e. The number of carbonyl (C=O) groups is 1. The summed E-state index contributed by atoms with van der Waals surface area (Å²) in [6.07, 6.45) is 6.36. The Hall–Kier alpha value is -2.37. The average molecular weight is 406 g/mol. The number of anilines is 1. The van der Waals surface area contributed by atoms with Gasteiger partial charge in [-0.1, -0.05) is 30.3 Å². The molecule has 3 aliphatic rings. The zero-order valence-electron chi connectivity index (χ0n) is 17.6. The van der Waals surface area contributed by atoms with Crippen LogP contribution >= 0.6 is 0 Å². The summed E-state index contributed by atoms with van der Waals surface area (Å²) in [7, 11) is 0. The van der Waals surface area contributed by atoms with Gasteiger partial charge in [-0.25, -0.2) is 4.79 Å². The lowest BCUT2D eigenvalue weighted by molar-refractivity contribution is 0.0564. The van der Waals surface area contributed by atoms with Gasteiger partial charge in [0.25, 0.3) is 0 Å². The SMILES string of the molecule is O=C(Nc1ccc(-c2ccc3c(c2)CCC2(CCNCC2)C3)cc1)N1CCOCC1. The Bertz CT molecular complexity index is 897. The second-order valence-corrected chi connectivity index (χ2v) is 9.02. The van der Waals surface area contributed by atoms with E-state index in [0.717, 1.165) is 5.69 Å². The molecule has 2 aromatic rings. The largest absolute Gasteiger partial charge is 0.378 e. The van der Waals surface area contributed by atoms with Gasteiger partial charge >= 0.3 is 6.03 Å². The van der Waals surface area contributed by atoms with Crippen molar-refractivity contribution in [3.05, 3.63) is 53.6 Å². The van der Waals surface area contributed by atoms with Crippen LogP contribution in [-0.2, 0) is 17.6 Å². The molecule has 2 N–H and O–H groups in total. The zero-order chi connectivity index (χ0) is 20.4. The summed E-state index contributed by atoms with van der Waals surface area (Å²) in [5.74, 6) is 0. The Morgan fingerprint density at radius 2 is 1.67 bits per heavy atom. The first-order chi connectivity index (χ1) is 14.7. The molecule has 0 unspecified atom stereocenters. The molecule has 5 rings (SSSR count). The second-order valence-electron chi connectivity index (χ2n) is 9.02. The highest BCUT2D eigenvalue weighted by molar-refractivity contribution is 5.89. The molecule has 5 heteroatoms. The third kappa shape index (κ3) is 4.09. The smallest absolute Gasteiger partial charge is 0.321 e. The highest BCUT2D eigenvalue weighted by Gasteiger charge is 2.35. The van der Waals surface area contributed by atoms with Crippen LogP contribution in [-0.4, -0.2) is 50.3 Å². The van der Waals surface area contributed by atoms with E-state index in [1.807, 2.05) is 12.1 Å². The summed E-state index contributed by atoms with van der Waals surface area (Å²) in [6, 6.07) is 15.1. The first-order valence-corrected chi connectivity index (χ1v) is 11.3. The first kappa shape index (κ1) is 19.6. The van der Waals surface area contributed by atoms with E-state index in [2.05, 4.69) is 41.0 Å². The van der Waals surface area contributed by atoms with E-state index in [1.165, 1.54) is 61.9 Å². The van der Waals surface area contributed by atoms with E-state index in [4.69, 9.17) is 4.74 Å². The van der Waals surface area contributed by atoms with Gasteiger partial charge in [-0.2, -0.15) is 0 Å². The van der Waals surface area contributed by atoms with E-state index in [1.54, 1.807) is 10.5 Å². The summed E-state index contributed by atoms with van der Waals surface area (Å²) >= 11 is 0. The van der Waals surface area contributed by atoms with Crippen LogP contribution in [0.15, 0.2) is 42.5 Å². The third-order valence-electron chi connectivity index (χ3n) is 7.13. The Balaban J connectivity index is 1.26. The van der Waals surface area contributed by atoms with Gasteiger partial charge in [-0.3, -0.25) is 0 Å². The molecule has 2 heterocycles. The zero-order valence-corrected chi connectivity index (χ0v) is 17.6. The molecule has 1 spiro atoms. The fourth-order valence-corrected chi connectivity index (χ4v) is 5.20. The molecule has 0 bridgehead atoms. The summed E-state index contributed by atoms with van der Waals surface area (Å²) < 4.78 is 5.31. The number of ether oxygens (including phenoxy) is 1. The maximum absolute atomic E-state index is 12.4. The minimum absolute atomic E-state index is 0.0494. The maximum atomic E-state index is 12.4. The number of urea groups is 1. The molecule has 0 atom stereocenters. The number of nitrogens with one attached hydrogen (secondary N) is 2. The number of fused-ring (bicyclic) bond motifs is 1. The van der Waals surface area contributed by atoms with Crippen LogP contribution in [0.5, 0.6) is 0 Å². The van der Waals surface area contributed by atoms with Crippen molar-refractivity contribution in [2.45, 2.75) is 32.1 Å². The number of hydrogen-bond donors (Lipinski definition) is 2. The molecule has 1 aliphatic carbocycles. The van der Waals surface area contributed by atoms with Gasteiger partial charge in [0.15, 0.2) is 0 Å². The van der Waals surface area contributed by atoms with Crippen LogP contribution in [0.2, 0.25) is 0 Å². The molecule has 2 aromatic carbocycles. The first-order valence-electron chi connectivity index (χ1n) is 11.3. The van der Waals surface area contributed by atoms with Crippen molar-refractivity contribution in [3.8, 4) is 11.1 Å². The minimum atomic E-state index is -0.0494. The monoisotopic (exact) mass is 405 g/mol. The van der Waals surface area contributed by atoms with Crippen LogP contribution in [0.3, 0.4) is 0 Å². The topological polar surface area (TPSA) is 53.6 Å². The number of rotatable bonds is 2. The third-order valence-corrected chi connectivity index (χ3v) is 7.13. The molecule has 2 amide bonds. The highest BCUT2D eigenvalue weighted by Crippen LogP contribution is 2.42. The molecule has 158 valence electrons. The summed E-state index contributed by atoms with van der Waals surface area (Å²) in [6.45, 7) is 4.86. The van der Waals surface area contributed by atoms with Crippen molar-refractivity contribution in [1.82, 2.24) is 10.2 Å². The number of hydrogen-bond acceptors (Lipinski definition) is 3. The minimum Gasteiger partial charge on any atom is -0.378 e. The average Bonchev–Trinajstić information content (AvgIpc) is 2.80. The fraction of sp³-hybridized carbons (Fsp3) is 0.480. The van der Waals surface area contributed by atoms with Gasteiger partial charge in [-0.05, 0) is 85.0 Å². The normalized spacial score (nSPS) is 20.6. The highest BCUT2D eigenvalue weighted by atomic mass is 16.5. The molecule has 2 aliphatic heterocycles.